The van der Waals surface area contributed by atoms with Crippen LogP contribution in [0.15, 0.2) is 46.9 Å². The van der Waals surface area contributed by atoms with Gasteiger partial charge in [-0.05, 0) is 18.4 Å². The van der Waals surface area contributed by atoms with Crippen molar-refractivity contribution in [1.29, 1.82) is 0 Å². The smallest absolute Gasteiger partial charge is 0.269 e. The summed E-state index contributed by atoms with van der Waals surface area (Å²) >= 11 is 0. The number of ketones is 2. The molecule has 0 aliphatic heterocycles. The third-order valence-electron chi connectivity index (χ3n) is 5.61. The molecular weight excluding hydrogens is 398 g/mol. The van der Waals surface area contributed by atoms with Crippen molar-refractivity contribution in [3.05, 3.63) is 62.6 Å². The number of nitrogens with zero attached hydrogens (tertiary/aromatic N) is 1. The van der Waals surface area contributed by atoms with Crippen molar-refractivity contribution in [2.24, 2.45) is 0 Å². The molecule has 0 aromatic heterocycles. The van der Waals surface area contributed by atoms with Crippen LogP contribution in [0.1, 0.15) is 76.7 Å². The summed E-state index contributed by atoms with van der Waals surface area (Å²) in [6, 6.07) is 5.48. The second-order valence-corrected chi connectivity index (χ2v) is 7.99. The van der Waals surface area contributed by atoms with Crippen molar-refractivity contribution < 1.29 is 24.7 Å². The number of carbonyl (C=O) groups excluding carboxylic acids is 2. The average Bonchev–Trinajstić information content (AvgIpc) is 2.76. The molecule has 0 atom stereocenters. The van der Waals surface area contributed by atoms with E-state index in [9.17, 15) is 29.9 Å². The average molecular weight is 430 g/mol. The van der Waals surface area contributed by atoms with Gasteiger partial charge in [0.15, 0.2) is 11.5 Å². The van der Waals surface area contributed by atoms with Gasteiger partial charge >= 0.3 is 0 Å². The summed E-state index contributed by atoms with van der Waals surface area (Å²) in [4.78, 5) is 35.3. The van der Waals surface area contributed by atoms with Gasteiger partial charge in [0.05, 0.1) is 10.5 Å². The summed E-state index contributed by atoms with van der Waals surface area (Å²) in [6.45, 7) is 2.19. The highest BCUT2D eigenvalue weighted by atomic mass is 16.6. The lowest BCUT2D eigenvalue weighted by atomic mass is 9.87. The molecule has 1 aromatic rings. The summed E-state index contributed by atoms with van der Waals surface area (Å²) in [5.41, 5.74) is 0.201. The third-order valence-corrected chi connectivity index (χ3v) is 5.61. The Kier molecular flexibility index (Phi) is 9.43. The normalized spacial score (nSPS) is 14.5. The van der Waals surface area contributed by atoms with Crippen molar-refractivity contribution in [3.8, 4) is 0 Å². The van der Waals surface area contributed by atoms with E-state index in [4.69, 9.17) is 0 Å². The van der Waals surface area contributed by atoms with E-state index in [1.165, 1.54) is 56.4 Å². The van der Waals surface area contributed by atoms with E-state index in [0.29, 0.717) is 12.0 Å². The molecule has 2 N–H and O–H groups in total. The fourth-order valence-corrected chi connectivity index (χ4v) is 3.72. The number of hydrogen-bond acceptors (Lipinski definition) is 6. The number of Topliss-reactive ketones (excluding diaryl/α,β-unsaturated/α-hetero) is 2. The highest BCUT2D eigenvalue weighted by Gasteiger charge is 2.34. The molecule has 0 heterocycles. The SMILES string of the molecule is CCCCCCCCCCCC1=C(O)C(=O)C(Cc2ccc([N+](=O)[O-])cc2)=C(O)C1=O. The molecule has 31 heavy (non-hydrogen) atoms. The number of aliphatic hydroxyl groups excluding tert-OH is 2. The summed E-state index contributed by atoms with van der Waals surface area (Å²) in [7, 11) is 0. The molecule has 0 fully saturated rings. The first kappa shape index (κ1) is 24.3. The molecule has 1 aliphatic carbocycles. The first-order chi connectivity index (χ1) is 14.9. The molecule has 0 spiro atoms. The Labute approximate surface area is 182 Å². The minimum atomic E-state index is -0.763. The van der Waals surface area contributed by atoms with Gasteiger partial charge in [-0.1, -0.05) is 70.4 Å². The van der Waals surface area contributed by atoms with Crippen molar-refractivity contribution in [2.75, 3.05) is 0 Å². The predicted octanol–water partition coefficient (Wildman–Crippen LogP) is 5.83. The molecule has 0 saturated heterocycles. The topological polar surface area (TPSA) is 118 Å². The third kappa shape index (κ3) is 6.77. The summed E-state index contributed by atoms with van der Waals surface area (Å²) in [5, 5.41) is 31.3. The first-order valence-electron chi connectivity index (χ1n) is 11.0. The second-order valence-electron chi connectivity index (χ2n) is 7.99. The maximum Gasteiger partial charge on any atom is 0.269 e. The number of aliphatic hydroxyl groups is 2. The molecule has 0 bridgehead atoms. The van der Waals surface area contributed by atoms with Crippen LogP contribution in [0.2, 0.25) is 0 Å². The zero-order valence-electron chi connectivity index (χ0n) is 18.1. The largest absolute Gasteiger partial charge is 0.504 e. The summed E-state index contributed by atoms with van der Waals surface area (Å²) in [6.07, 6.45) is 10.1. The molecule has 1 aliphatic rings. The molecule has 2 rings (SSSR count). The Morgan fingerprint density at radius 2 is 1.26 bits per heavy atom. The van der Waals surface area contributed by atoms with Gasteiger partial charge in [-0.2, -0.15) is 0 Å². The van der Waals surface area contributed by atoms with Crippen LogP contribution in [0.25, 0.3) is 0 Å². The molecule has 0 saturated carbocycles. The molecule has 0 radical (unpaired) electrons. The van der Waals surface area contributed by atoms with Gasteiger partial charge in [-0.15, -0.1) is 0 Å². The van der Waals surface area contributed by atoms with Crippen LogP contribution >= 0.6 is 0 Å². The number of hydrogen-bond donors (Lipinski definition) is 2. The Morgan fingerprint density at radius 3 is 1.81 bits per heavy atom. The van der Waals surface area contributed by atoms with E-state index in [-0.39, 0.29) is 29.7 Å². The lowest BCUT2D eigenvalue weighted by Crippen LogP contribution is -2.25. The van der Waals surface area contributed by atoms with Crippen LogP contribution in [0.5, 0.6) is 0 Å². The van der Waals surface area contributed by atoms with Crippen LogP contribution < -0.4 is 0 Å². The van der Waals surface area contributed by atoms with Gasteiger partial charge in [-0.3, -0.25) is 19.7 Å². The van der Waals surface area contributed by atoms with Crippen molar-refractivity contribution in [3.63, 3.8) is 0 Å². The van der Waals surface area contributed by atoms with Gasteiger partial charge in [0.1, 0.15) is 0 Å². The first-order valence-corrected chi connectivity index (χ1v) is 11.0. The molecule has 0 amide bonds. The van der Waals surface area contributed by atoms with E-state index in [0.717, 1.165) is 19.3 Å². The predicted molar refractivity (Wildman–Crippen MR) is 118 cm³/mol. The van der Waals surface area contributed by atoms with Crippen LogP contribution in [0.3, 0.4) is 0 Å². The fourth-order valence-electron chi connectivity index (χ4n) is 3.72. The Balaban J connectivity index is 1.90. The van der Waals surface area contributed by atoms with Crippen LogP contribution in [-0.4, -0.2) is 26.7 Å². The zero-order chi connectivity index (χ0) is 22.8. The van der Waals surface area contributed by atoms with E-state index in [1.54, 1.807) is 0 Å². The van der Waals surface area contributed by atoms with E-state index < -0.39 is 28.0 Å². The number of carbonyl (C=O) groups is 2. The van der Waals surface area contributed by atoms with Crippen LogP contribution in [0.4, 0.5) is 5.69 Å². The number of nitro benzene ring substituents is 1. The lowest BCUT2D eigenvalue weighted by Gasteiger charge is -2.18. The van der Waals surface area contributed by atoms with Crippen molar-refractivity contribution in [1.82, 2.24) is 0 Å². The number of allylic oxidation sites excluding steroid dienone is 2. The van der Waals surface area contributed by atoms with Crippen LogP contribution in [-0.2, 0) is 16.0 Å². The maximum absolute atomic E-state index is 12.5. The Morgan fingerprint density at radius 1 is 0.774 bits per heavy atom. The highest BCUT2D eigenvalue weighted by molar-refractivity contribution is 6.23. The van der Waals surface area contributed by atoms with Crippen LogP contribution in [0, 0.1) is 10.1 Å². The van der Waals surface area contributed by atoms with Gasteiger partial charge in [0.25, 0.3) is 5.69 Å². The quantitative estimate of drug-likeness (QED) is 0.176. The Bertz CT molecular complexity index is 867. The molecular formula is C24H31NO6. The molecule has 7 nitrogen and oxygen atoms in total. The van der Waals surface area contributed by atoms with Gasteiger partial charge < -0.3 is 10.2 Å². The number of nitro groups is 1. The minimum absolute atomic E-state index is 0.0297. The molecule has 0 unspecified atom stereocenters. The standard InChI is InChI=1S/C24H31NO6/c1-2-3-4-5-6-7-8-9-10-11-19-21(26)23(28)20(24(29)22(19)27)16-17-12-14-18(15-13-17)25(30)31/h12-15,26,29H,2-11,16H2,1H3. The monoisotopic (exact) mass is 429 g/mol. The minimum Gasteiger partial charge on any atom is -0.504 e. The summed E-state index contributed by atoms with van der Waals surface area (Å²) < 4.78 is 0. The van der Waals surface area contributed by atoms with Crippen molar-refractivity contribution >= 4 is 17.3 Å². The lowest BCUT2D eigenvalue weighted by molar-refractivity contribution is -0.384. The molecule has 7 heteroatoms. The van der Waals surface area contributed by atoms with Gasteiger partial charge in [0, 0.05) is 24.1 Å². The zero-order valence-corrected chi connectivity index (χ0v) is 18.1. The van der Waals surface area contributed by atoms with E-state index in [1.807, 2.05) is 0 Å². The number of non-ortho nitro benzene ring substituents is 1. The van der Waals surface area contributed by atoms with Crippen molar-refractivity contribution in [2.45, 2.75) is 77.6 Å². The number of unbranched alkanes of at least 4 members (excludes halogenated alkanes) is 8. The highest BCUT2D eigenvalue weighted by Crippen LogP contribution is 2.28. The summed E-state index contributed by atoms with van der Waals surface area (Å²) in [5.74, 6) is -2.72. The number of rotatable bonds is 13. The van der Waals surface area contributed by atoms with Gasteiger partial charge in [0.2, 0.25) is 11.6 Å². The fraction of sp³-hybridized carbons (Fsp3) is 0.500. The van der Waals surface area contributed by atoms with E-state index in [2.05, 4.69) is 6.92 Å². The molecule has 168 valence electrons. The number of benzene rings is 1. The molecule has 1 aromatic carbocycles. The van der Waals surface area contributed by atoms with E-state index >= 15 is 0 Å². The maximum atomic E-state index is 12.5. The van der Waals surface area contributed by atoms with Gasteiger partial charge in [-0.25, -0.2) is 0 Å². The Hall–Kier alpha value is -2.96. The second kappa shape index (κ2) is 12.0.